The minimum absolute atomic E-state index is 0.0833. The zero-order valence-corrected chi connectivity index (χ0v) is 9.35. The highest BCUT2D eigenvalue weighted by molar-refractivity contribution is 6.30. The van der Waals surface area contributed by atoms with Gasteiger partial charge < -0.3 is 11.1 Å². The van der Waals surface area contributed by atoms with Crippen LogP contribution in [-0.2, 0) is 0 Å². The molecule has 82 valence electrons. The van der Waals surface area contributed by atoms with E-state index in [2.05, 4.69) is 10.3 Å². The molecule has 3 nitrogen and oxygen atoms in total. The van der Waals surface area contributed by atoms with E-state index in [4.69, 9.17) is 17.3 Å². The minimum Gasteiger partial charge on any atom is -0.370 e. The number of halogens is 2. The number of nitrogens with one attached hydrogen (secondary N) is 1. The molecule has 1 aromatic carbocycles. The molecule has 0 radical (unpaired) electrons. The van der Waals surface area contributed by atoms with Crippen LogP contribution >= 0.6 is 11.6 Å². The highest BCUT2D eigenvalue weighted by atomic mass is 35.5. The Kier molecular flexibility index (Phi) is 3.91. The van der Waals surface area contributed by atoms with Crippen molar-refractivity contribution in [3.63, 3.8) is 0 Å². The first kappa shape index (κ1) is 11.8. The van der Waals surface area contributed by atoms with Crippen LogP contribution in [0.1, 0.15) is 13.8 Å². The Labute approximate surface area is 93.1 Å². The van der Waals surface area contributed by atoms with Gasteiger partial charge in [-0.05, 0) is 32.0 Å². The third kappa shape index (κ3) is 3.75. The van der Waals surface area contributed by atoms with Gasteiger partial charge in [-0.1, -0.05) is 11.6 Å². The normalized spacial score (nSPS) is 11.9. The van der Waals surface area contributed by atoms with Crippen molar-refractivity contribution in [2.24, 2.45) is 10.7 Å². The molecule has 5 heteroatoms. The number of aliphatic imine (C=N–C) groups is 1. The SMILES string of the molecule is CC(C)N=C(N)Nc1ccc(Cl)c(F)c1. The van der Waals surface area contributed by atoms with E-state index in [9.17, 15) is 4.39 Å². The van der Waals surface area contributed by atoms with Gasteiger partial charge >= 0.3 is 0 Å². The second kappa shape index (κ2) is 4.98. The fraction of sp³-hybridized carbons (Fsp3) is 0.300. The van der Waals surface area contributed by atoms with Gasteiger partial charge in [0, 0.05) is 11.7 Å². The van der Waals surface area contributed by atoms with Crippen LogP contribution in [0.2, 0.25) is 5.02 Å². The van der Waals surface area contributed by atoms with Gasteiger partial charge in [0.25, 0.3) is 0 Å². The first-order valence-electron chi connectivity index (χ1n) is 4.54. The third-order valence-electron chi connectivity index (χ3n) is 1.59. The van der Waals surface area contributed by atoms with E-state index in [1.54, 1.807) is 6.07 Å². The number of guanidine groups is 1. The second-order valence-corrected chi connectivity index (χ2v) is 3.77. The molecule has 0 aliphatic rings. The highest BCUT2D eigenvalue weighted by Gasteiger charge is 2.01. The maximum atomic E-state index is 13.0. The lowest BCUT2D eigenvalue weighted by molar-refractivity contribution is 0.629. The van der Waals surface area contributed by atoms with Crippen molar-refractivity contribution in [2.75, 3.05) is 5.32 Å². The summed E-state index contributed by atoms with van der Waals surface area (Å²) >= 11 is 5.54. The Morgan fingerprint density at radius 3 is 2.73 bits per heavy atom. The van der Waals surface area contributed by atoms with Crippen LogP contribution in [-0.4, -0.2) is 12.0 Å². The summed E-state index contributed by atoms with van der Waals surface area (Å²) in [6.07, 6.45) is 0. The number of benzene rings is 1. The van der Waals surface area contributed by atoms with Crippen molar-refractivity contribution in [1.82, 2.24) is 0 Å². The molecule has 1 aromatic rings. The van der Waals surface area contributed by atoms with E-state index >= 15 is 0 Å². The van der Waals surface area contributed by atoms with Crippen molar-refractivity contribution in [3.8, 4) is 0 Å². The lowest BCUT2D eigenvalue weighted by Gasteiger charge is -2.07. The lowest BCUT2D eigenvalue weighted by atomic mass is 10.3. The summed E-state index contributed by atoms with van der Waals surface area (Å²) in [6.45, 7) is 3.80. The average molecular weight is 230 g/mol. The summed E-state index contributed by atoms with van der Waals surface area (Å²) in [5.74, 6) is -0.231. The molecule has 0 aliphatic heterocycles. The average Bonchev–Trinajstić information content (AvgIpc) is 2.10. The summed E-state index contributed by atoms with van der Waals surface area (Å²) < 4.78 is 13.0. The summed E-state index contributed by atoms with van der Waals surface area (Å²) in [5, 5.41) is 2.85. The number of rotatable bonds is 2. The monoisotopic (exact) mass is 229 g/mol. The molecule has 0 saturated carbocycles. The number of nitrogens with two attached hydrogens (primary N) is 1. The molecular formula is C10H13ClFN3. The van der Waals surface area contributed by atoms with E-state index in [1.165, 1.54) is 12.1 Å². The van der Waals surface area contributed by atoms with E-state index in [0.29, 0.717) is 5.69 Å². The predicted molar refractivity (Wildman–Crippen MR) is 61.8 cm³/mol. The van der Waals surface area contributed by atoms with Gasteiger partial charge in [0.05, 0.1) is 5.02 Å². The predicted octanol–water partition coefficient (Wildman–Crippen LogP) is 2.61. The van der Waals surface area contributed by atoms with Crippen LogP contribution in [0, 0.1) is 5.82 Å². The van der Waals surface area contributed by atoms with Gasteiger partial charge in [-0.25, -0.2) is 4.39 Å². The smallest absolute Gasteiger partial charge is 0.193 e. The largest absolute Gasteiger partial charge is 0.370 e. The van der Waals surface area contributed by atoms with E-state index < -0.39 is 5.82 Å². The van der Waals surface area contributed by atoms with Crippen molar-refractivity contribution in [3.05, 3.63) is 29.0 Å². The number of hydrogen-bond donors (Lipinski definition) is 2. The van der Waals surface area contributed by atoms with Gasteiger partial charge in [-0.2, -0.15) is 0 Å². The van der Waals surface area contributed by atoms with E-state index in [-0.39, 0.29) is 17.0 Å². The molecule has 0 aliphatic carbocycles. The van der Waals surface area contributed by atoms with Crippen molar-refractivity contribution < 1.29 is 4.39 Å². The lowest BCUT2D eigenvalue weighted by Crippen LogP contribution is -2.23. The molecule has 0 bridgehead atoms. The first-order chi connectivity index (χ1) is 6.99. The molecule has 1 rings (SSSR count). The number of anilines is 1. The molecule has 0 saturated heterocycles. The molecule has 0 atom stereocenters. The topological polar surface area (TPSA) is 50.4 Å². The standard InChI is InChI=1S/C10H13ClFN3/c1-6(2)14-10(13)15-7-3-4-8(11)9(12)5-7/h3-6H,1-2H3,(H3,13,14,15). The highest BCUT2D eigenvalue weighted by Crippen LogP contribution is 2.18. The second-order valence-electron chi connectivity index (χ2n) is 3.36. The van der Waals surface area contributed by atoms with Crippen LogP contribution < -0.4 is 11.1 Å². The Bertz CT molecular complexity index is 377. The van der Waals surface area contributed by atoms with Crippen LogP contribution in [0.15, 0.2) is 23.2 Å². The maximum Gasteiger partial charge on any atom is 0.193 e. The van der Waals surface area contributed by atoms with Crippen molar-refractivity contribution in [1.29, 1.82) is 0 Å². The molecule has 0 amide bonds. The Hall–Kier alpha value is -1.29. The van der Waals surface area contributed by atoms with Gasteiger partial charge in [-0.15, -0.1) is 0 Å². The Balaban J connectivity index is 2.77. The van der Waals surface area contributed by atoms with Gasteiger partial charge in [0.1, 0.15) is 5.82 Å². The fourth-order valence-corrected chi connectivity index (χ4v) is 1.15. The summed E-state index contributed by atoms with van der Waals surface area (Å²) in [7, 11) is 0. The molecule has 0 spiro atoms. The summed E-state index contributed by atoms with van der Waals surface area (Å²) in [5.41, 5.74) is 6.10. The zero-order chi connectivity index (χ0) is 11.4. The van der Waals surface area contributed by atoms with Gasteiger partial charge in [0.15, 0.2) is 5.96 Å². The van der Waals surface area contributed by atoms with Gasteiger partial charge in [0.2, 0.25) is 0 Å². The van der Waals surface area contributed by atoms with Crippen LogP contribution in [0.25, 0.3) is 0 Å². The first-order valence-corrected chi connectivity index (χ1v) is 4.92. The van der Waals surface area contributed by atoms with Crippen LogP contribution in [0.3, 0.4) is 0 Å². The number of nitrogens with zero attached hydrogens (tertiary/aromatic N) is 1. The zero-order valence-electron chi connectivity index (χ0n) is 8.59. The third-order valence-corrected chi connectivity index (χ3v) is 1.90. The Morgan fingerprint density at radius 2 is 2.20 bits per heavy atom. The maximum absolute atomic E-state index is 13.0. The molecular weight excluding hydrogens is 217 g/mol. The van der Waals surface area contributed by atoms with E-state index in [0.717, 1.165) is 0 Å². The van der Waals surface area contributed by atoms with E-state index in [1.807, 2.05) is 13.8 Å². The van der Waals surface area contributed by atoms with Gasteiger partial charge in [-0.3, -0.25) is 4.99 Å². The molecule has 15 heavy (non-hydrogen) atoms. The molecule has 0 fully saturated rings. The fourth-order valence-electron chi connectivity index (χ4n) is 1.03. The van der Waals surface area contributed by atoms with Crippen molar-refractivity contribution >= 4 is 23.2 Å². The summed E-state index contributed by atoms with van der Waals surface area (Å²) in [6, 6.07) is 4.45. The number of hydrogen-bond acceptors (Lipinski definition) is 1. The minimum atomic E-state index is -0.487. The van der Waals surface area contributed by atoms with Crippen LogP contribution in [0.5, 0.6) is 0 Å². The Morgan fingerprint density at radius 1 is 1.53 bits per heavy atom. The molecule has 0 unspecified atom stereocenters. The molecule has 0 aromatic heterocycles. The molecule has 3 N–H and O–H groups in total. The van der Waals surface area contributed by atoms with Crippen molar-refractivity contribution in [2.45, 2.75) is 19.9 Å². The van der Waals surface area contributed by atoms with Crippen LogP contribution in [0.4, 0.5) is 10.1 Å². The molecule has 0 heterocycles. The summed E-state index contributed by atoms with van der Waals surface area (Å²) in [4.78, 5) is 4.05. The quantitative estimate of drug-likeness (QED) is 0.605.